The molecule has 6 nitrogen and oxygen atoms in total. The van der Waals surface area contributed by atoms with Gasteiger partial charge in [0, 0.05) is 30.9 Å². The molecule has 0 atom stereocenters. The Kier molecular flexibility index (Phi) is 9.07. The number of nitrogens with zero attached hydrogens (tertiary/aromatic N) is 3. The topological polar surface area (TPSA) is 61.3 Å². The summed E-state index contributed by atoms with van der Waals surface area (Å²) >= 11 is 5.41. The highest BCUT2D eigenvalue weighted by molar-refractivity contribution is 7.71. The fourth-order valence-corrected chi connectivity index (χ4v) is 5.27. The van der Waals surface area contributed by atoms with Crippen molar-refractivity contribution < 1.29 is 18.0 Å². The third-order valence-electron chi connectivity index (χ3n) is 7.35. The summed E-state index contributed by atoms with van der Waals surface area (Å²) in [5, 5.41) is 0. The summed E-state index contributed by atoms with van der Waals surface area (Å²) in [7, 11) is 0. The summed E-state index contributed by atoms with van der Waals surface area (Å²) in [4.78, 5) is 32.7. The van der Waals surface area contributed by atoms with Crippen molar-refractivity contribution in [3.63, 3.8) is 0 Å². The molecule has 10 heteroatoms. The molecule has 1 aromatic heterocycles. The average molecular weight is 559 g/mol. The molecule has 1 aliphatic carbocycles. The predicted octanol–water partition coefficient (Wildman–Crippen LogP) is 5.45. The van der Waals surface area contributed by atoms with Crippen LogP contribution in [0.2, 0.25) is 0 Å². The van der Waals surface area contributed by atoms with Gasteiger partial charge in [-0.2, -0.15) is 13.2 Å². The van der Waals surface area contributed by atoms with Crippen LogP contribution in [0.15, 0.2) is 53.3 Å². The van der Waals surface area contributed by atoms with Crippen LogP contribution in [0.5, 0.6) is 0 Å². The maximum Gasteiger partial charge on any atom is 0.416 e. The lowest BCUT2D eigenvalue weighted by Crippen LogP contribution is -2.40. The Morgan fingerprint density at radius 3 is 2.18 bits per heavy atom. The van der Waals surface area contributed by atoms with Crippen molar-refractivity contribution in [1.29, 1.82) is 0 Å². The lowest BCUT2D eigenvalue weighted by atomic mass is 10.0. The van der Waals surface area contributed by atoms with Crippen LogP contribution < -0.4 is 5.56 Å². The van der Waals surface area contributed by atoms with Crippen molar-refractivity contribution in [3.05, 3.63) is 86.0 Å². The number of hydrogen-bond acceptors (Lipinski definition) is 4. The van der Waals surface area contributed by atoms with Gasteiger partial charge in [-0.1, -0.05) is 50.2 Å². The molecule has 0 spiro atoms. The zero-order chi connectivity index (χ0) is 28.2. The Balaban J connectivity index is 1.53. The number of amides is 1. The van der Waals surface area contributed by atoms with E-state index < -0.39 is 11.7 Å². The molecule has 0 saturated carbocycles. The van der Waals surface area contributed by atoms with Gasteiger partial charge in [-0.25, -0.2) is 0 Å². The molecule has 1 N–H and O–H groups in total. The number of likely N-dealkylation sites (N-methyl/N-ethyl adjacent to an activating group) is 1. The minimum absolute atomic E-state index is 0.0554. The maximum absolute atomic E-state index is 13.6. The number of halogens is 3. The van der Waals surface area contributed by atoms with Gasteiger partial charge in [0.1, 0.15) is 6.54 Å². The second kappa shape index (κ2) is 12.3. The average Bonchev–Trinajstić information content (AvgIpc) is 3.41. The maximum atomic E-state index is 13.6. The molecule has 208 valence electrons. The normalized spacial score (nSPS) is 13.1. The number of rotatable bonds is 10. The van der Waals surface area contributed by atoms with E-state index in [2.05, 4.69) is 23.7 Å². The number of fused-ring (bicyclic) bond motifs is 1. The van der Waals surface area contributed by atoms with Gasteiger partial charge in [0.15, 0.2) is 4.77 Å². The SMILES string of the molecule is CCN(CC)CCN(Cc1ccc(-c2ccc(C(F)(F)F)cc2)cc1)C(=O)Cn1c2c(c(=O)[nH]c1=S)CCC2. The van der Waals surface area contributed by atoms with Crippen LogP contribution in [0.3, 0.4) is 0 Å². The molecule has 2 aromatic carbocycles. The molecular weight excluding hydrogens is 525 g/mol. The van der Waals surface area contributed by atoms with Crippen LogP contribution in [-0.2, 0) is 36.9 Å². The summed E-state index contributed by atoms with van der Waals surface area (Å²) in [5.74, 6) is -0.0915. The van der Waals surface area contributed by atoms with E-state index in [1.165, 1.54) is 12.1 Å². The van der Waals surface area contributed by atoms with Crippen molar-refractivity contribution in [2.24, 2.45) is 0 Å². The third kappa shape index (κ3) is 6.86. The van der Waals surface area contributed by atoms with Crippen LogP contribution >= 0.6 is 12.2 Å². The molecule has 1 heterocycles. The van der Waals surface area contributed by atoms with Crippen LogP contribution in [0.25, 0.3) is 11.1 Å². The second-order valence-electron chi connectivity index (χ2n) is 9.74. The first kappa shape index (κ1) is 28.8. The number of alkyl halides is 3. The number of hydrogen-bond donors (Lipinski definition) is 1. The summed E-state index contributed by atoms with van der Waals surface area (Å²) < 4.78 is 40.7. The lowest BCUT2D eigenvalue weighted by molar-refractivity contribution is -0.137. The van der Waals surface area contributed by atoms with E-state index in [-0.39, 0.29) is 22.8 Å². The van der Waals surface area contributed by atoms with E-state index in [1.807, 2.05) is 24.3 Å². The zero-order valence-corrected chi connectivity index (χ0v) is 23.0. The third-order valence-corrected chi connectivity index (χ3v) is 7.68. The van der Waals surface area contributed by atoms with E-state index in [1.54, 1.807) is 9.47 Å². The van der Waals surface area contributed by atoms with E-state index >= 15 is 0 Å². The summed E-state index contributed by atoms with van der Waals surface area (Å²) in [6.45, 7) is 7.60. The molecule has 0 aliphatic heterocycles. The van der Waals surface area contributed by atoms with Crippen LogP contribution in [0, 0.1) is 4.77 Å². The van der Waals surface area contributed by atoms with Crippen LogP contribution in [0.4, 0.5) is 13.2 Å². The van der Waals surface area contributed by atoms with Crippen LogP contribution in [-0.4, -0.2) is 51.4 Å². The molecule has 0 bridgehead atoms. The Morgan fingerprint density at radius 2 is 1.59 bits per heavy atom. The monoisotopic (exact) mass is 558 g/mol. The van der Waals surface area contributed by atoms with Gasteiger partial charge in [0.05, 0.1) is 5.56 Å². The second-order valence-corrected chi connectivity index (χ2v) is 10.1. The molecule has 4 rings (SSSR count). The van der Waals surface area contributed by atoms with E-state index in [4.69, 9.17) is 12.2 Å². The number of nitrogens with one attached hydrogen (secondary N) is 1. The number of carbonyl (C=O) groups excluding carboxylic acids is 1. The van der Waals surface area contributed by atoms with E-state index in [0.29, 0.717) is 30.6 Å². The highest BCUT2D eigenvalue weighted by Gasteiger charge is 2.30. The van der Waals surface area contributed by atoms with Gasteiger partial charge in [0.2, 0.25) is 5.91 Å². The van der Waals surface area contributed by atoms with Gasteiger partial charge in [-0.15, -0.1) is 0 Å². The number of aromatic nitrogens is 2. The van der Waals surface area contributed by atoms with Gasteiger partial charge in [-0.05, 0) is 73.4 Å². The quantitative estimate of drug-likeness (QED) is 0.336. The van der Waals surface area contributed by atoms with Crippen molar-refractivity contribution >= 4 is 18.1 Å². The summed E-state index contributed by atoms with van der Waals surface area (Å²) in [5.41, 5.74) is 3.11. The predicted molar refractivity (Wildman–Crippen MR) is 148 cm³/mol. The first-order valence-electron chi connectivity index (χ1n) is 13.2. The molecule has 39 heavy (non-hydrogen) atoms. The standard InChI is InChI=1S/C29H33F3N4O2S/c1-3-34(4-2)16-17-35(26(37)19-36-25-7-5-6-24(25)27(38)33-28(36)39)18-20-8-10-21(11-9-20)22-12-14-23(15-13-22)29(30,31)32/h8-15H,3-7,16-19H2,1-2H3,(H,33,38,39). The minimum atomic E-state index is -4.37. The molecular formula is C29H33F3N4O2S. The Bertz CT molecular complexity index is 1410. The highest BCUT2D eigenvalue weighted by atomic mass is 32.1. The summed E-state index contributed by atoms with van der Waals surface area (Å²) in [6.07, 6.45) is -2.10. The largest absolute Gasteiger partial charge is 0.416 e. The zero-order valence-electron chi connectivity index (χ0n) is 22.2. The highest BCUT2D eigenvalue weighted by Crippen LogP contribution is 2.31. The molecule has 1 amide bonds. The Morgan fingerprint density at radius 1 is 0.974 bits per heavy atom. The van der Waals surface area contributed by atoms with Crippen molar-refractivity contribution in [2.45, 2.75) is 52.4 Å². The minimum Gasteiger partial charge on any atom is -0.336 e. The van der Waals surface area contributed by atoms with Crippen LogP contribution in [0.1, 0.15) is 42.7 Å². The van der Waals surface area contributed by atoms with E-state index in [0.717, 1.165) is 61.4 Å². The van der Waals surface area contributed by atoms with Gasteiger partial charge in [-0.3, -0.25) is 14.6 Å². The van der Waals surface area contributed by atoms with Gasteiger partial charge >= 0.3 is 6.18 Å². The Labute approximate surface area is 231 Å². The molecule has 0 radical (unpaired) electrons. The number of benzene rings is 2. The van der Waals surface area contributed by atoms with Crippen molar-refractivity contribution in [2.75, 3.05) is 26.2 Å². The molecule has 3 aromatic rings. The number of aromatic amines is 1. The van der Waals surface area contributed by atoms with Crippen molar-refractivity contribution in [1.82, 2.24) is 19.4 Å². The Hall–Kier alpha value is -3.24. The lowest BCUT2D eigenvalue weighted by Gasteiger charge is -2.27. The smallest absolute Gasteiger partial charge is 0.336 e. The summed E-state index contributed by atoms with van der Waals surface area (Å²) in [6, 6.07) is 12.6. The van der Waals surface area contributed by atoms with E-state index in [9.17, 15) is 22.8 Å². The van der Waals surface area contributed by atoms with Crippen molar-refractivity contribution in [3.8, 4) is 11.1 Å². The fraction of sp³-hybridized carbons (Fsp3) is 0.414. The number of carbonyl (C=O) groups is 1. The number of H-pyrrole nitrogens is 1. The van der Waals surface area contributed by atoms with Gasteiger partial charge < -0.3 is 14.4 Å². The molecule has 0 saturated heterocycles. The fourth-order valence-electron chi connectivity index (χ4n) is 5.00. The first-order chi connectivity index (χ1) is 18.6. The van der Waals surface area contributed by atoms with Gasteiger partial charge in [0.25, 0.3) is 5.56 Å². The molecule has 1 aliphatic rings. The molecule has 0 unspecified atom stereocenters. The molecule has 0 fully saturated rings. The first-order valence-corrected chi connectivity index (χ1v) is 13.6.